The highest BCUT2D eigenvalue weighted by Gasteiger charge is 2.16. The molecule has 0 atom stereocenters. The lowest BCUT2D eigenvalue weighted by Crippen LogP contribution is -2.18. The second-order valence-corrected chi connectivity index (χ2v) is 5.34. The number of anilines is 1. The van der Waals surface area contributed by atoms with Crippen molar-refractivity contribution in [1.29, 1.82) is 0 Å². The van der Waals surface area contributed by atoms with Gasteiger partial charge in [-0.1, -0.05) is 0 Å². The van der Waals surface area contributed by atoms with Gasteiger partial charge in [-0.3, -0.25) is 4.79 Å². The molecular weight excluding hydrogens is 266 g/mol. The number of benzene rings is 2. The number of carbonyl (C=O) groups excluding carboxylic acids is 1. The van der Waals surface area contributed by atoms with Crippen LogP contribution in [0, 0.1) is 0 Å². The van der Waals surface area contributed by atoms with E-state index in [1.165, 1.54) is 5.56 Å². The Labute approximate surface area is 122 Å². The summed E-state index contributed by atoms with van der Waals surface area (Å²) in [5.41, 5.74) is 3.20. The lowest BCUT2D eigenvalue weighted by molar-refractivity contribution is -0.116. The van der Waals surface area contributed by atoms with E-state index in [-0.39, 0.29) is 5.91 Å². The number of hydrogen-bond donors (Lipinski definition) is 1. The number of fused-ring (bicyclic) bond motifs is 2. The third-order valence-electron chi connectivity index (χ3n) is 3.87. The van der Waals surface area contributed by atoms with E-state index in [9.17, 15) is 4.79 Å². The van der Waals surface area contributed by atoms with Gasteiger partial charge in [0.25, 0.3) is 0 Å². The molecule has 0 aliphatic carbocycles. The lowest BCUT2D eigenvalue weighted by Gasteiger charge is -2.17. The van der Waals surface area contributed by atoms with E-state index in [4.69, 9.17) is 9.47 Å². The lowest BCUT2D eigenvalue weighted by atomic mass is 10.0. The fourth-order valence-electron chi connectivity index (χ4n) is 2.79. The molecule has 0 saturated heterocycles. The van der Waals surface area contributed by atoms with Crippen molar-refractivity contribution in [1.82, 2.24) is 0 Å². The Morgan fingerprint density at radius 2 is 1.76 bits per heavy atom. The van der Waals surface area contributed by atoms with Crippen LogP contribution in [0.25, 0.3) is 0 Å². The van der Waals surface area contributed by atoms with Gasteiger partial charge in [0.15, 0.2) is 0 Å². The Balaban J connectivity index is 1.58. The topological polar surface area (TPSA) is 47.6 Å². The maximum Gasteiger partial charge on any atom is 0.224 e. The minimum Gasteiger partial charge on any atom is -0.493 e. The molecule has 1 N–H and O–H groups in total. The molecule has 0 saturated carbocycles. The summed E-state index contributed by atoms with van der Waals surface area (Å²) in [6.07, 6.45) is 2.23. The van der Waals surface area contributed by atoms with Crippen molar-refractivity contribution < 1.29 is 14.3 Å². The van der Waals surface area contributed by atoms with Crippen LogP contribution in [0.1, 0.15) is 17.5 Å². The summed E-state index contributed by atoms with van der Waals surface area (Å²) >= 11 is 0. The smallest absolute Gasteiger partial charge is 0.224 e. The number of hydrogen-bond acceptors (Lipinski definition) is 3. The molecule has 106 valence electrons. The van der Waals surface area contributed by atoms with Crippen LogP contribution in [0.2, 0.25) is 0 Å². The number of carbonyl (C=O) groups is 1. The average molecular weight is 281 g/mol. The van der Waals surface area contributed by atoms with Crippen LogP contribution < -0.4 is 14.8 Å². The molecule has 4 nitrogen and oxygen atoms in total. The van der Waals surface area contributed by atoms with Crippen molar-refractivity contribution in [2.45, 2.75) is 19.3 Å². The van der Waals surface area contributed by atoms with E-state index in [1.54, 1.807) is 0 Å². The molecule has 0 bridgehead atoms. The number of nitrogens with one attached hydrogen (secondary N) is 1. The van der Waals surface area contributed by atoms with Crippen LogP contribution in [-0.2, 0) is 17.6 Å². The summed E-state index contributed by atoms with van der Waals surface area (Å²) in [5.74, 6) is 2.65. The monoisotopic (exact) mass is 281 g/mol. The zero-order valence-electron chi connectivity index (χ0n) is 11.5. The van der Waals surface area contributed by atoms with Crippen LogP contribution in [0.5, 0.6) is 17.2 Å². The van der Waals surface area contributed by atoms with Gasteiger partial charge in [-0.2, -0.15) is 0 Å². The van der Waals surface area contributed by atoms with Crippen molar-refractivity contribution in [3.63, 3.8) is 0 Å². The van der Waals surface area contributed by atoms with Gasteiger partial charge in [-0.05, 0) is 48.4 Å². The first-order chi connectivity index (χ1) is 10.3. The van der Waals surface area contributed by atoms with Crippen LogP contribution in [0.4, 0.5) is 5.69 Å². The molecule has 0 aromatic heterocycles. The second kappa shape index (κ2) is 4.81. The van der Waals surface area contributed by atoms with Gasteiger partial charge in [-0.25, -0.2) is 0 Å². The van der Waals surface area contributed by atoms with Crippen molar-refractivity contribution in [3.8, 4) is 17.2 Å². The van der Waals surface area contributed by atoms with Gasteiger partial charge in [-0.15, -0.1) is 0 Å². The minimum atomic E-state index is 0.0785. The average Bonchev–Trinajstić information content (AvgIpc) is 2.95. The van der Waals surface area contributed by atoms with E-state index in [1.807, 2.05) is 36.4 Å². The molecule has 2 aromatic rings. The molecule has 0 radical (unpaired) electrons. The van der Waals surface area contributed by atoms with E-state index >= 15 is 0 Å². The predicted molar refractivity (Wildman–Crippen MR) is 79.1 cm³/mol. The Hall–Kier alpha value is -2.49. The van der Waals surface area contributed by atoms with Gasteiger partial charge >= 0.3 is 0 Å². The third-order valence-corrected chi connectivity index (χ3v) is 3.87. The summed E-state index contributed by atoms with van der Waals surface area (Å²) in [6.45, 7) is 0.747. The van der Waals surface area contributed by atoms with Gasteiger partial charge in [0.2, 0.25) is 5.91 Å². The van der Waals surface area contributed by atoms with E-state index < -0.39 is 0 Å². The van der Waals surface area contributed by atoms with Crippen LogP contribution in [0.3, 0.4) is 0 Å². The van der Waals surface area contributed by atoms with Crippen molar-refractivity contribution in [3.05, 3.63) is 47.5 Å². The quantitative estimate of drug-likeness (QED) is 0.918. The van der Waals surface area contributed by atoms with Crippen LogP contribution in [-0.4, -0.2) is 12.5 Å². The highest BCUT2D eigenvalue weighted by Crippen LogP contribution is 2.33. The van der Waals surface area contributed by atoms with E-state index in [2.05, 4.69) is 5.32 Å². The van der Waals surface area contributed by atoms with Crippen molar-refractivity contribution in [2.75, 3.05) is 11.9 Å². The molecule has 0 spiro atoms. The summed E-state index contributed by atoms with van der Waals surface area (Å²) in [4.78, 5) is 11.4. The molecule has 2 heterocycles. The Morgan fingerprint density at radius 3 is 2.67 bits per heavy atom. The van der Waals surface area contributed by atoms with E-state index in [0.29, 0.717) is 6.42 Å². The van der Waals surface area contributed by atoms with Gasteiger partial charge in [0.1, 0.15) is 17.2 Å². The Kier molecular flexibility index (Phi) is 2.81. The number of ether oxygens (including phenoxy) is 2. The molecule has 4 heteroatoms. The molecule has 0 unspecified atom stereocenters. The van der Waals surface area contributed by atoms with Crippen LogP contribution >= 0.6 is 0 Å². The maximum absolute atomic E-state index is 11.4. The zero-order valence-corrected chi connectivity index (χ0v) is 11.5. The zero-order chi connectivity index (χ0) is 14.2. The molecule has 4 rings (SSSR count). The van der Waals surface area contributed by atoms with Crippen LogP contribution in [0.15, 0.2) is 36.4 Å². The number of amides is 1. The summed E-state index contributed by atoms with van der Waals surface area (Å²) in [7, 11) is 0. The highest BCUT2D eigenvalue weighted by molar-refractivity contribution is 5.94. The normalized spacial score (nSPS) is 15.7. The molecular formula is C17H15NO3. The fraction of sp³-hybridized carbons (Fsp3) is 0.235. The van der Waals surface area contributed by atoms with Crippen molar-refractivity contribution in [2.24, 2.45) is 0 Å². The molecule has 0 fully saturated rings. The third kappa shape index (κ3) is 2.33. The summed E-state index contributed by atoms with van der Waals surface area (Å²) in [6, 6.07) is 11.7. The summed E-state index contributed by atoms with van der Waals surface area (Å²) in [5, 5.41) is 2.87. The largest absolute Gasteiger partial charge is 0.493 e. The fourth-order valence-corrected chi connectivity index (χ4v) is 2.79. The van der Waals surface area contributed by atoms with Crippen molar-refractivity contribution >= 4 is 11.6 Å². The first-order valence-electron chi connectivity index (χ1n) is 7.14. The minimum absolute atomic E-state index is 0.0785. The first kappa shape index (κ1) is 12.3. The van der Waals surface area contributed by atoms with Gasteiger partial charge in [0, 0.05) is 24.1 Å². The van der Waals surface area contributed by atoms with Gasteiger partial charge in [0.05, 0.1) is 6.61 Å². The second-order valence-electron chi connectivity index (χ2n) is 5.34. The Bertz CT molecular complexity index is 724. The molecule has 2 aliphatic rings. The SMILES string of the molecule is O=C1CCc2cc(Oc3ccc4c(c3)CCO4)ccc2N1. The standard InChI is InChI=1S/C17H15NO3/c19-17-6-1-11-9-13(2-4-15(11)18-17)21-14-3-5-16-12(10-14)7-8-20-16/h2-5,9-10H,1,6-8H2,(H,18,19). The predicted octanol–water partition coefficient (Wildman–Crippen LogP) is 3.30. The summed E-state index contributed by atoms with van der Waals surface area (Å²) < 4.78 is 11.4. The first-order valence-corrected chi connectivity index (χ1v) is 7.14. The van der Waals surface area contributed by atoms with Gasteiger partial charge < -0.3 is 14.8 Å². The molecule has 2 aromatic carbocycles. The highest BCUT2D eigenvalue weighted by atomic mass is 16.5. The van der Waals surface area contributed by atoms with E-state index in [0.717, 1.165) is 47.9 Å². The molecule has 1 amide bonds. The Morgan fingerprint density at radius 1 is 0.952 bits per heavy atom. The number of aryl methyl sites for hydroxylation is 1. The number of rotatable bonds is 2. The maximum atomic E-state index is 11.4. The molecule has 21 heavy (non-hydrogen) atoms. The molecule has 2 aliphatic heterocycles.